The molecule has 0 aromatic carbocycles. The molecule has 0 spiro atoms. The third-order valence-electron chi connectivity index (χ3n) is 8.88. The van der Waals surface area contributed by atoms with Crippen molar-refractivity contribution in [1.29, 1.82) is 0 Å². The molecular weight excluding hydrogens is 583 g/mol. The highest BCUT2D eigenvalue weighted by molar-refractivity contribution is 5.84. The lowest BCUT2D eigenvalue weighted by atomic mass is 10.1. The quantitative estimate of drug-likeness (QED) is 0.331. The molecule has 13 nitrogen and oxygen atoms in total. The van der Waals surface area contributed by atoms with Gasteiger partial charge < -0.3 is 39.7 Å². The Morgan fingerprint density at radius 1 is 1.16 bits per heavy atom. The average molecular weight is 626 g/mol. The predicted molar refractivity (Wildman–Crippen MR) is 156 cm³/mol. The van der Waals surface area contributed by atoms with Gasteiger partial charge >= 0.3 is 12.1 Å². The van der Waals surface area contributed by atoms with E-state index in [2.05, 4.69) is 30.3 Å². The molecule has 2 aliphatic heterocycles. The van der Waals surface area contributed by atoms with Crippen LogP contribution in [0, 0.1) is 0 Å². The number of anilines is 2. The molecule has 3 aliphatic rings. The lowest BCUT2D eigenvalue weighted by Gasteiger charge is -2.26. The Hall–Kier alpha value is -3.24. The number of aromatic nitrogens is 4. The van der Waals surface area contributed by atoms with Crippen LogP contribution in [0.25, 0.3) is 11.2 Å². The lowest BCUT2D eigenvalue weighted by Crippen LogP contribution is -2.45. The van der Waals surface area contributed by atoms with Crippen LogP contribution in [0.5, 0.6) is 0 Å². The number of imidazole rings is 1. The second-order valence-electron chi connectivity index (χ2n) is 12.1. The number of carbonyl (C=O) groups excluding carboxylic acids is 2. The second kappa shape index (κ2) is 13.4. The van der Waals surface area contributed by atoms with Gasteiger partial charge in [0, 0.05) is 38.6 Å². The summed E-state index contributed by atoms with van der Waals surface area (Å²) in [5, 5.41) is 17.0. The summed E-state index contributed by atoms with van der Waals surface area (Å²) in [5.74, 6) is -1.87. The molecule has 0 bridgehead atoms. The number of hydrogen-bond acceptors (Lipinski definition) is 11. The van der Waals surface area contributed by atoms with Crippen LogP contribution in [0.3, 0.4) is 0 Å². The van der Waals surface area contributed by atoms with Crippen molar-refractivity contribution >= 4 is 34.8 Å². The molecule has 16 heteroatoms. The molecule has 1 saturated carbocycles. The van der Waals surface area contributed by atoms with Crippen molar-refractivity contribution in [3.8, 4) is 0 Å². The molecule has 2 aromatic rings. The number of likely N-dealkylation sites (tertiary alicyclic amines) is 1. The maximum atomic E-state index is 13.2. The van der Waals surface area contributed by atoms with E-state index in [-0.39, 0.29) is 18.7 Å². The summed E-state index contributed by atoms with van der Waals surface area (Å²) < 4.78 is 46.1. The van der Waals surface area contributed by atoms with E-state index < -0.39 is 36.4 Å². The molecule has 0 unspecified atom stereocenters. The summed E-state index contributed by atoms with van der Waals surface area (Å²) in [6.45, 7) is 6.54. The van der Waals surface area contributed by atoms with Crippen LogP contribution >= 0.6 is 0 Å². The van der Waals surface area contributed by atoms with Gasteiger partial charge in [-0.3, -0.25) is 4.79 Å². The van der Waals surface area contributed by atoms with Gasteiger partial charge in [0.15, 0.2) is 23.1 Å². The fourth-order valence-corrected chi connectivity index (χ4v) is 6.33. The van der Waals surface area contributed by atoms with E-state index in [1.165, 1.54) is 30.2 Å². The first-order valence-corrected chi connectivity index (χ1v) is 15.3. The summed E-state index contributed by atoms with van der Waals surface area (Å²) in [5.41, 5.74) is 0.740. The smallest absolute Gasteiger partial charge is 0.451 e. The molecule has 4 heterocycles. The molecule has 5 atom stereocenters. The molecule has 3 fully saturated rings. The molecule has 2 aromatic heterocycles. The highest BCUT2D eigenvalue weighted by Gasteiger charge is 2.51. The number of alkyl halides is 3. The van der Waals surface area contributed by atoms with Gasteiger partial charge in [0.1, 0.15) is 6.10 Å². The van der Waals surface area contributed by atoms with Gasteiger partial charge in [-0.1, -0.05) is 13.3 Å². The number of ether oxygens (including phenoxy) is 1. The van der Waals surface area contributed by atoms with Crippen molar-refractivity contribution in [2.24, 2.45) is 0 Å². The van der Waals surface area contributed by atoms with Gasteiger partial charge in [-0.15, -0.1) is 0 Å². The molecule has 1 aliphatic carbocycles. The standard InChI is InChI=1S/C28H42F3N9O4/c1-4-20(41)34-18-14-19(23(22(18)42)44-26(43)28(29,30)31)40-16-33-21-24(32-9-13-38-10-6-5-7-11-38)35-27(36-25(21)40)39-12-8-17(15-39)37(2)3/h16-19,22-23,42H,4-15H2,1-3H3,(H,34,41)(H,32,35,36)/t17-,18+,19-,22-,23+/m1/s1. The molecule has 3 N–H and O–H groups in total. The van der Waals surface area contributed by atoms with Crippen molar-refractivity contribution < 1.29 is 32.6 Å². The Labute approximate surface area is 254 Å². The Bertz CT molecular complexity index is 1320. The highest BCUT2D eigenvalue weighted by Crippen LogP contribution is 2.38. The van der Waals surface area contributed by atoms with Crippen LogP contribution in [-0.2, 0) is 14.3 Å². The van der Waals surface area contributed by atoms with Crippen LogP contribution in [0.2, 0.25) is 0 Å². The summed E-state index contributed by atoms with van der Waals surface area (Å²) >= 11 is 0. The van der Waals surface area contributed by atoms with E-state index in [4.69, 9.17) is 14.7 Å². The van der Waals surface area contributed by atoms with Crippen LogP contribution in [0.1, 0.15) is 51.5 Å². The van der Waals surface area contributed by atoms with E-state index in [0.29, 0.717) is 42.1 Å². The maximum absolute atomic E-state index is 13.2. The summed E-state index contributed by atoms with van der Waals surface area (Å²) in [6.07, 6.45) is -2.44. The topological polar surface area (TPSA) is 141 Å². The summed E-state index contributed by atoms with van der Waals surface area (Å²) in [7, 11) is 4.03. The number of aliphatic hydroxyl groups is 1. The molecule has 244 valence electrons. The van der Waals surface area contributed by atoms with E-state index in [1.807, 2.05) is 14.1 Å². The number of likely N-dealkylation sites (N-methyl/N-ethyl adjacent to an activating group) is 1. The van der Waals surface area contributed by atoms with Crippen molar-refractivity contribution in [2.75, 3.05) is 63.6 Å². The Kier molecular flexibility index (Phi) is 9.80. The van der Waals surface area contributed by atoms with E-state index >= 15 is 0 Å². The Balaban J connectivity index is 1.49. The Morgan fingerprint density at radius 2 is 1.91 bits per heavy atom. The van der Waals surface area contributed by atoms with Crippen molar-refractivity contribution in [1.82, 2.24) is 34.6 Å². The third-order valence-corrected chi connectivity index (χ3v) is 8.88. The first kappa shape index (κ1) is 32.2. The normalized spacial score (nSPS) is 26.5. The summed E-state index contributed by atoms with van der Waals surface area (Å²) in [6, 6.07) is -1.63. The molecule has 2 saturated heterocycles. The summed E-state index contributed by atoms with van der Waals surface area (Å²) in [4.78, 5) is 44.9. The largest absolute Gasteiger partial charge is 0.490 e. The minimum atomic E-state index is -5.26. The molecule has 5 rings (SSSR count). The van der Waals surface area contributed by atoms with Crippen LogP contribution < -0.4 is 15.5 Å². The fourth-order valence-electron chi connectivity index (χ4n) is 6.33. The SMILES string of the molecule is CCC(=O)N[C@H]1C[C@@H](n2cnc3c(NCCN4CCCCC4)nc(N4CC[C@@H](N(C)C)C4)nc32)[C@H](OC(=O)C(F)(F)F)[C@@H]1O. The molecule has 0 radical (unpaired) electrons. The first-order valence-electron chi connectivity index (χ1n) is 15.3. The number of nitrogens with zero attached hydrogens (tertiary/aromatic N) is 7. The molecular formula is C28H42F3N9O4. The first-order chi connectivity index (χ1) is 21.0. The van der Waals surface area contributed by atoms with Crippen molar-refractivity contribution in [2.45, 2.75) is 82.0 Å². The van der Waals surface area contributed by atoms with E-state index in [1.54, 1.807) is 6.92 Å². The number of aliphatic hydroxyl groups excluding tert-OH is 1. The monoisotopic (exact) mass is 625 g/mol. The van der Waals surface area contributed by atoms with E-state index in [9.17, 15) is 27.9 Å². The minimum Gasteiger partial charge on any atom is -0.451 e. The van der Waals surface area contributed by atoms with Gasteiger partial charge in [-0.05, 0) is 52.9 Å². The zero-order valence-electron chi connectivity index (χ0n) is 25.4. The van der Waals surface area contributed by atoms with Gasteiger partial charge in [0.05, 0.1) is 18.4 Å². The average Bonchev–Trinajstić information content (AvgIpc) is 3.72. The maximum Gasteiger partial charge on any atom is 0.490 e. The van der Waals surface area contributed by atoms with Gasteiger partial charge in [0.2, 0.25) is 11.9 Å². The molecule has 1 amide bonds. The third kappa shape index (κ3) is 7.01. The number of carbonyl (C=O) groups is 2. The van der Waals surface area contributed by atoms with Gasteiger partial charge in [-0.2, -0.15) is 23.1 Å². The van der Waals surface area contributed by atoms with Crippen LogP contribution in [0.4, 0.5) is 24.9 Å². The number of fused-ring (bicyclic) bond motifs is 1. The van der Waals surface area contributed by atoms with Crippen molar-refractivity contribution in [3.05, 3.63) is 6.33 Å². The van der Waals surface area contributed by atoms with E-state index in [0.717, 1.165) is 32.6 Å². The number of amides is 1. The second-order valence-corrected chi connectivity index (χ2v) is 12.1. The van der Waals surface area contributed by atoms with Crippen molar-refractivity contribution in [3.63, 3.8) is 0 Å². The lowest BCUT2D eigenvalue weighted by molar-refractivity contribution is -0.209. The molecule has 44 heavy (non-hydrogen) atoms. The van der Waals surface area contributed by atoms with Gasteiger partial charge in [0.25, 0.3) is 0 Å². The highest BCUT2D eigenvalue weighted by atomic mass is 19.4. The van der Waals surface area contributed by atoms with Crippen LogP contribution in [0.15, 0.2) is 6.33 Å². The van der Waals surface area contributed by atoms with Gasteiger partial charge in [-0.25, -0.2) is 9.78 Å². The van der Waals surface area contributed by atoms with Crippen LogP contribution in [-0.4, -0.2) is 130 Å². The number of rotatable bonds is 10. The predicted octanol–water partition coefficient (Wildman–Crippen LogP) is 1.54. The number of halogens is 3. The number of piperidine rings is 1. The number of nitrogens with one attached hydrogen (secondary N) is 2. The fraction of sp³-hybridized carbons (Fsp3) is 0.750. The number of hydrogen-bond donors (Lipinski definition) is 3. The number of esters is 1. The minimum absolute atomic E-state index is 0.00233. The zero-order chi connectivity index (χ0) is 31.6. The zero-order valence-corrected chi connectivity index (χ0v) is 25.4. The Morgan fingerprint density at radius 3 is 2.57 bits per heavy atom.